The van der Waals surface area contributed by atoms with Crippen LogP contribution in [0.2, 0.25) is 0 Å². The van der Waals surface area contributed by atoms with E-state index in [0.29, 0.717) is 12.3 Å². The zero-order valence-electron chi connectivity index (χ0n) is 14.7. The Labute approximate surface area is 142 Å². The van der Waals surface area contributed by atoms with E-state index in [9.17, 15) is 14.7 Å². The van der Waals surface area contributed by atoms with E-state index in [4.69, 9.17) is 9.47 Å². The van der Waals surface area contributed by atoms with Gasteiger partial charge in [0, 0.05) is 18.8 Å². The molecule has 1 aromatic carbocycles. The second kappa shape index (κ2) is 7.11. The molecule has 0 aliphatic carbocycles. The molecule has 0 aromatic heterocycles. The van der Waals surface area contributed by atoms with Crippen molar-refractivity contribution in [1.82, 2.24) is 0 Å². The second-order valence-corrected chi connectivity index (χ2v) is 7.01. The zero-order chi connectivity index (χ0) is 17.9. The topological polar surface area (TPSA) is 76.1 Å². The molecule has 0 spiro atoms. The Kier molecular flexibility index (Phi) is 5.36. The average Bonchev–Trinajstić information content (AvgIpc) is 2.52. The summed E-state index contributed by atoms with van der Waals surface area (Å²) in [5.74, 6) is -1.10. The van der Waals surface area contributed by atoms with Gasteiger partial charge in [-0.1, -0.05) is 0 Å². The van der Waals surface area contributed by atoms with Gasteiger partial charge in [0.1, 0.15) is 16.9 Å². The molecule has 1 fully saturated rings. The molecule has 1 N–H and O–H groups in total. The third kappa shape index (κ3) is 4.40. The molecule has 1 saturated heterocycles. The standard InChI is InChI=1S/C18H25NO5/c1-18(2,3)24-17(22)12-6-5-9-19(11-12)13-7-8-15(23-4)14(10-13)16(20)21/h7-8,10,12H,5-6,9,11H2,1-4H3,(H,20,21). The summed E-state index contributed by atoms with van der Waals surface area (Å²) in [5, 5.41) is 9.31. The molecule has 6 heteroatoms. The number of ether oxygens (including phenoxy) is 2. The molecule has 1 atom stereocenters. The van der Waals surface area contributed by atoms with Crippen LogP contribution in [-0.2, 0) is 9.53 Å². The lowest BCUT2D eigenvalue weighted by atomic mass is 9.97. The maximum Gasteiger partial charge on any atom is 0.339 e. The van der Waals surface area contributed by atoms with E-state index in [1.165, 1.54) is 7.11 Å². The van der Waals surface area contributed by atoms with Crippen LogP contribution in [0.25, 0.3) is 0 Å². The molecule has 24 heavy (non-hydrogen) atoms. The van der Waals surface area contributed by atoms with E-state index in [2.05, 4.69) is 0 Å². The molecule has 1 heterocycles. The minimum absolute atomic E-state index is 0.120. The van der Waals surface area contributed by atoms with Gasteiger partial charge in [0.25, 0.3) is 0 Å². The van der Waals surface area contributed by atoms with E-state index in [-0.39, 0.29) is 17.5 Å². The van der Waals surface area contributed by atoms with Gasteiger partial charge in [0.15, 0.2) is 0 Å². The first kappa shape index (κ1) is 18.1. The highest BCUT2D eigenvalue weighted by molar-refractivity contribution is 5.92. The van der Waals surface area contributed by atoms with Crippen molar-refractivity contribution < 1.29 is 24.2 Å². The van der Waals surface area contributed by atoms with E-state index in [1.807, 2.05) is 31.7 Å². The number of hydrogen-bond donors (Lipinski definition) is 1. The van der Waals surface area contributed by atoms with Crippen LogP contribution in [0.1, 0.15) is 44.0 Å². The highest BCUT2D eigenvalue weighted by atomic mass is 16.6. The first-order valence-corrected chi connectivity index (χ1v) is 8.10. The maximum atomic E-state index is 12.3. The number of carboxylic acid groups (broad SMARTS) is 1. The lowest BCUT2D eigenvalue weighted by molar-refractivity contribution is -0.160. The predicted octanol–water partition coefficient (Wildman–Crippen LogP) is 2.95. The summed E-state index contributed by atoms with van der Waals surface area (Å²) in [6, 6.07) is 5.07. The molecule has 2 rings (SSSR count). The molecule has 0 radical (unpaired) electrons. The van der Waals surface area contributed by atoms with Gasteiger partial charge >= 0.3 is 11.9 Å². The van der Waals surface area contributed by atoms with Crippen molar-refractivity contribution in [2.24, 2.45) is 5.92 Å². The number of carbonyl (C=O) groups is 2. The number of piperidine rings is 1. The number of nitrogens with zero attached hydrogens (tertiary/aromatic N) is 1. The SMILES string of the molecule is COc1ccc(N2CCCC(C(=O)OC(C)(C)C)C2)cc1C(=O)O. The van der Waals surface area contributed by atoms with Crippen LogP contribution in [0, 0.1) is 5.92 Å². The summed E-state index contributed by atoms with van der Waals surface area (Å²) in [4.78, 5) is 25.7. The second-order valence-electron chi connectivity index (χ2n) is 7.01. The maximum absolute atomic E-state index is 12.3. The summed E-state index contributed by atoms with van der Waals surface area (Å²) in [5.41, 5.74) is 0.395. The summed E-state index contributed by atoms with van der Waals surface area (Å²) < 4.78 is 10.6. The molecule has 6 nitrogen and oxygen atoms in total. The summed E-state index contributed by atoms with van der Waals surface area (Å²) in [6.07, 6.45) is 1.64. The fourth-order valence-electron chi connectivity index (χ4n) is 2.85. The minimum atomic E-state index is -1.03. The van der Waals surface area contributed by atoms with Crippen molar-refractivity contribution in [1.29, 1.82) is 0 Å². The first-order chi connectivity index (χ1) is 11.2. The number of methoxy groups -OCH3 is 1. The molecular weight excluding hydrogens is 310 g/mol. The van der Waals surface area contributed by atoms with E-state index >= 15 is 0 Å². The highest BCUT2D eigenvalue weighted by Crippen LogP contribution is 2.29. The Morgan fingerprint density at radius 1 is 1.29 bits per heavy atom. The smallest absolute Gasteiger partial charge is 0.339 e. The number of rotatable bonds is 4. The number of benzene rings is 1. The van der Waals surface area contributed by atoms with Gasteiger partial charge in [-0.15, -0.1) is 0 Å². The summed E-state index contributed by atoms with van der Waals surface area (Å²) in [7, 11) is 1.45. The van der Waals surface area contributed by atoms with Crippen molar-refractivity contribution in [3.63, 3.8) is 0 Å². The Morgan fingerprint density at radius 2 is 2.00 bits per heavy atom. The molecule has 1 aromatic rings. The quantitative estimate of drug-likeness (QED) is 0.853. The van der Waals surface area contributed by atoms with Crippen molar-refractivity contribution in [2.45, 2.75) is 39.2 Å². The fraction of sp³-hybridized carbons (Fsp3) is 0.556. The molecule has 0 saturated carbocycles. The Bertz CT molecular complexity index is 620. The number of hydrogen-bond acceptors (Lipinski definition) is 5. The molecule has 1 unspecified atom stereocenters. The normalized spacial score (nSPS) is 18.2. The van der Waals surface area contributed by atoms with E-state index in [0.717, 1.165) is 25.1 Å². The monoisotopic (exact) mass is 335 g/mol. The number of carbonyl (C=O) groups excluding carboxylic acids is 1. The van der Waals surface area contributed by atoms with Gasteiger partial charge in [0.2, 0.25) is 0 Å². The third-order valence-corrected chi connectivity index (χ3v) is 3.94. The number of anilines is 1. The lowest BCUT2D eigenvalue weighted by Gasteiger charge is -2.34. The molecular formula is C18H25NO5. The van der Waals surface area contributed by atoms with Crippen LogP contribution in [0.3, 0.4) is 0 Å². The van der Waals surface area contributed by atoms with Gasteiger partial charge in [-0.05, 0) is 51.8 Å². The van der Waals surface area contributed by atoms with Crippen molar-refractivity contribution in [3.05, 3.63) is 23.8 Å². The zero-order valence-corrected chi connectivity index (χ0v) is 14.7. The molecule has 132 valence electrons. The third-order valence-electron chi connectivity index (χ3n) is 3.94. The minimum Gasteiger partial charge on any atom is -0.496 e. The molecule has 1 aliphatic heterocycles. The van der Waals surface area contributed by atoms with Crippen molar-refractivity contribution in [3.8, 4) is 5.75 Å². The Balaban J connectivity index is 2.16. The fourth-order valence-corrected chi connectivity index (χ4v) is 2.85. The van der Waals surface area contributed by atoms with Gasteiger partial charge in [-0.25, -0.2) is 4.79 Å². The van der Waals surface area contributed by atoms with Crippen LogP contribution in [0.15, 0.2) is 18.2 Å². The van der Waals surface area contributed by atoms with Crippen LogP contribution in [0.4, 0.5) is 5.69 Å². The average molecular weight is 335 g/mol. The van der Waals surface area contributed by atoms with Crippen LogP contribution < -0.4 is 9.64 Å². The summed E-state index contributed by atoms with van der Waals surface area (Å²) in [6.45, 7) is 6.88. The molecule has 0 amide bonds. The van der Waals surface area contributed by atoms with E-state index < -0.39 is 11.6 Å². The van der Waals surface area contributed by atoms with Crippen LogP contribution in [-0.4, -0.2) is 42.8 Å². The number of carboxylic acids is 1. The van der Waals surface area contributed by atoms with Crippen LogP contribution in [0.5, 0.6) is 5.75 Å². The highest BCUT2D eigenvalue weighted by Gasteiger charge is 2.30. The number of esters is 1. The summed E-state index contributed by atoms with van der Waals surface area (Å²) >= 11 is 0. The molecule has 0 bridgehead atoms. The predicted molar refractivity (Wildman–Crippen MR) is 90.7 cm³/mol. The van der Waals surface area contributed by atoms with Crippen molar-refractivity contribution >= 4 is 17.6 Å². The molecule has 1 aliphatic rings. The van der Waals surface area contributed by atoms with Crippen molar-refractivity contribution in [2.75, 3.05) is 25.1 Å². The lowest BCUT2D eigenvalue weighted by Crippen LogP contribution is -2.41. The first-order valence-electron chi connectivity index (χ1n) is 8.10. The largest absolute Gasteiger partial charge is 0.496 e. The Morgan fingerprint density at radius 3 is 2.58 bits per heavy atom. The van der Waals surface area contributed by atoms with Gasteiger partial charge in [-0.2, -0.15) is 0 Å². The Hall–Kier alpha value is -2.24. The van der Waals surface area contributed by atoms with Gasteiger partial charge in [0.05, 0.1) is 13.0 Å². The van der Waals surface area contributed by atoms with Gasteiger partial charge < -0.3 is 19.5 Å². The number of aromatic carboxylic acids is 1. The van der Waals surface area contributed by atoms with Crippen LogP contribution >= 0.6 is 0 Å². The van der Waals surface area contributed by atoms with E-state index in [1.54, 1.807) is 12.1 Å². The van der Waals surface area contributed by atoms with Gasteiger partial charge in [-0.3, -0.25) is 4.79 Å².